The fourth-order valence-electron chi connectivity index (χ4n) is 1.98. The van der Waals surface area contributed by atoms with E-state index in [4.69, 9.17) is 0 Å². The Morgan fingerprint density at radius 3 is 2.80 bits per heavy atom. The minimum Gasteiger partial charge on any atom is -0.508 e. The standard InChI is InChI=1S/C14H14O/c1-3-10-6-5-7-12-9-13(15)8-11(4-2)14(10)12/h4-9,15H,2-3H2,1H3. The number of fused-ring (bicyclic) bond motifs is 1. The summed E-state index contributed by atoms with van der Waals surface area (Å²) in [5, 5.41) is 11.8. The number of aryl methyl sites for hydroxylation is 1. The fourth-order valence-corrected chi connectivity index (χ4v) is 1.98. The van der Waals surface area contributed by atoms with Crippen molar-refractivity contribution in [3.8, 4) is 5.75 Å². The highest BCUT2D eigenvalue weighted by molar-refractivity contribution is 5.94. The molecule has 0 aliphatic heterocycles. The highest BCUT2D eigenvalue weighted by Crippen LogP contribution is 2.28. The minimum atomic E-state index is 0.297. The maximum atomic E-state index is 9.56. The molecule has 0 aliphatic carbocycles. The molecule has 0 aromatic heterocycles. The summed E-state index contributed by atoms with van der Waals surface area (Å²) < 4.78 is 0. The third kappa shape index (κ3) is 1.61. The molecule has 2 aromatic rings. The predicted octanol–water partition coefficient (Wildman–Crippen LogP) is 3.75. The summed E-state index contributed by atoms with van der Waals surface area (Å²) in [6, 6.07) is 9.71. The van der Waals surface area contributed by atoms with Crippen LogP contribution in [0.5, 0.6) is 5.75 Å². The van der Waals surface area contributed by atoms with Gasteiger partial charge in [-0.1, -0.05) is 37.8 Å². The first-order valence-electron chi connectivity index (χ1n) is 5.13. The number of hydrogen-bond acceptors (Lipinski definition) is 1. The lowest BCUT2D eigenvalue weighted by molar-refractivity contribution is 0.476. The summed E-state index contributed by atoms with van der Waals surface area (Å²) in [6.45, 7) is 5.92. The summed E-state index contributed by atoms with van der Waals surface area (Å²) in [6.07, 6.45) is 2.78. The molecule has 0 saturated heterocycles. The van der Waals surface area contributed by atoms with Crippen LogP contribution >= 0.6 is 0 Å². The first-order chi connectivity index (χ1) is 7.26. The van der Waals surface area contributed by atoms with Gasteiger partial charge in [-0.15, -0.1) is 0 Å². The van der Waals surface area contributed by atoms with Crippen LogP contribution in [-0.2, 0) is 6.42 Å². The molecule has 1 N–H and O–H groups in total. The van der Waals surface area contributed by atoms with E-state index < -0.39 is 0 Å². The largest absolute Gasteiger partial charge is 0.508 e. The van der Waals surface area contributed by atoms with Crippen molar-refractivity contribution < 1.29 is 5.11 Å². The van der Waals surface area contributed by atoms with E-state index in [1.54, 1.807) is 18.2 Å². The second-order valence-electron chi connectivity index (χ2n) is 3.61. The first kappa shape index (κ1) is 9.78. The topological polar surface area (TPSA) is 20.2 Å². The van der Waals surface area contributed by atoms with Crippen molar-refractivity contribution in [2.45, 2.75) is 13.3 Å². The normalized spacial score (nSPS) is 10.5. The Kier molecular flexibility index (Phi) is 2.46. The molecule has 1 nitrogen and oxygen atoms in total. The molecule has 0 spiro atoms. The van der Waals surface area contributed by atoms with E-state index in [9.17, 15) is 5.11 Å². The first-order valence-corrected chi connectivity index (χ1v) is 5.13. The average molecular weight is 198 g/mol. The fraction of sp³-hybridized carbons (Fsp3) is 0.143. The minimum absolute atomic E-state index is 0.297. The maximum Gasteiger partial charge on any atom is 0.116 e. The summed E-state index contributed by atoms with van der Waals surface area (Å²) in [4.78, 5) is 0. The van der Waals surface area contributed by atoms with Crippen molar-refractivity contribution in [3.63, 3.8) is 0 Å². The van der Waals surface area contributed by atoms with Crippen LogP contribution in [0.3, 0.4) is 0 Å². The van der Waals surface area contributed by atoms with Crippen molar-refractivity contribution in [3.05, 3.63) is 48.0 Å². The SMILES string of the molecule is C=Cc1cc(O)cc2cccc(CC)c12. The van der Waals surface area contributed by atoms with Crippen LogP contribution in [0.2, 0.25) is 0 Å². The Morgan fingerprint density at radius 2 is 2.13 bits per heavy atom. The zero-order chi connectivity index (χ0) is 10.8. The number of benzene rings is 2. The van der Waals surface area contributed by atoms with Crippen LogP contribution in [0.4, 0.5) is 0 Å². The number of rotatable bonds is 2. The molecule has 0 amide bonds. The average Bonchev–Trinajstić information content (AvgIpc) is 2.26. The van der Waals surface area contributed by atoms with Crippen LogP contribution in [0, 0.1) is 0 Å². The second-order valence-corrected chi connectivity index (χ2v) is 3.61. The maximum absolute atomic E-state index is 9.56. The van der Waals surface area contributed by atoms with Gasteiger partial charge in [0.05, 0.1) is 0 Å². The monoisotopic (exact) mass is 198 g/mol. The molecular weight excluding hydrogens is 184 g/mol. The smallest absolute Gasteiger partial charge is 0.116 e. The van der Waals surface area contributed by atoms with Crippen molar-refractivity contribution >= 4 is 16.8 Å². The van der Waals surface area contributed by atoms with Gasteiger partial charge in [-0.2, -0.15) is 0 Å². The van der Waals surface area contributed by atoms with Crippen LogP contribution in [0.15, 0.2) is 36.9 Å². The summed E-state index contributed by atoms with van der Waals surface area (Å²) >= 11 is 0. The molecule has 0 unspecified atom stereocenters. The summed E-state index contributed by atoms with van der Waals surface area (Å²) in [7, 11) is 0. The molecule has 76 valence electrons. The van der Waals surface area contributed by atoms with Gasteiger partial charge in [0.25, 0.3) is 0 Å². The van der Waals surface area contributed by atoms with Gasteiger partial charge in [0.1, 0.15) is 5.75 Å². The lowest BCUT2D eigenvalue weighted by Crippen LogP contribution is -1.86. The summed E-state index contributed by atoms with van der Waals surface area (Å²) in [5.41, 5.74) is 2.30. The Balaban J connectivity index is 2.90. The number of phenolic OH excluding ortho intramolecular Hbond substituents is 1. The molecule has 0 radical (unpaired) electrons. The third-order valence-corrected chi connectivity index (χ3v) is 2.68. The molecule has 0 heterocycles. The van der Waals surface area contributed by atoms with Gasteiger partial charge in [-0.05, 0) is 40.5 Å². The number of aromatic hydroxyl groups is 1. The van der Waals surface area contributed by atoms with Crippen LogP contribution in [0.25, 0.3) is 16.8 Å². The highest BCUT2D eigenvalue weighted by Gasteiger charge is 2.04. The van der Waals surface area contributed by atoms with Gasteiger partial charge in [0.2, 0.25) is 0 Å². The van der Waals surface area contributed by atoms with Gasteiger partial charge in [-0.25, -0.2) is 0 Å². The van der Waals surface area contributed by atoms with E-state index in [2.05, 4.69) is 19.6 Å². The molecule has 15 heavy (non-hydrogen) atoms. The van der Waals surface area contributed by atoms with Crippen molar-refractivity contribution in [1.29, 1.82) is 0 Å². The molecule has 0 atom stereocenters. The quantitative estimate of drug-likeness (QED) is 0.779. The Morgan fingerprint density at radius 1 is 1.33 bits per heavy atom. The number of phenols is 1. The van der Waals surface area contributed by atoms with E-state index in [0.717, 1.165) is 17.4 Å². The molecule has 2 rings (SSSR count). The molecule has 0 fully saturated rings. The van der Waals surface area contributed by atoms with Gasteiger partial charge in [0, 0.05) is 0 Å². The highest BCUT2D eigenvalue weighted by atomic mass is 16.3. The van der Waals surface area contributed by atoms with E-state index in [0.29, 0.717) is 5.75 Å². The zero-order valence-corrected chi connectivity index (χ0v) is 8.83. The Bertz CT molecular complexity index is 512. The molecule has 0 bridgehead atoms. The molecule has 0 aliphatic rings. The Hall–Kier alpha value is -1.76. The predicted molar refractivity (Wildman–Crippen MR) is 65.1 cm³/mol. The van der Waals surface area contributed by atoms with Crippen molar-refractivity contribution in [1.82, 2.24) is 0 Å². The van der Waals surface area contributed by atoms with Gasteiger partial charge in [-0.3, -0.25) is 0 Å². The molecule has 1 heteroatoms. The van der Waals surface area contributed by atoms with Crippen molar-refractivity contribution in [2.75, 3.05) is 0 Å². The van der Waals surface area contributed by atoms with Gasteiger partial charge in [0.15, 0.2) is 0 Å². The molecule has 0 saturated carbocycles. The van der Waals surface area contributed by atoms with E-state index in [-0.39, 0.29) is 0 Å². The van der Waals surface area contributed by atoms with E-state index in [1.807, 2.05) is 12.1 Å². The lowest BCUT2D eigenvalue weighted by Gasteiger charge is -2.08. The Labute approximate surface area is 89.7 Å². The van der Waals surface area contributed by atoms with Gasteiger partial charge >= 0.3 is 0 Å². The van der Waals surface area contributed by atoms with Crippen LogP contribution < -0.4 is 0 Å². The molecular formula is C14H14O. The zero-order valence-electron chi connectivity index (χ0n) is 8.83. The van der Waals surface area contributed by atoms with Crippen LogP contribution in [-0.4, -0.2) is 5.11 Å². The van der Waals surface area contributed by atoms with Crippen molar-refractivity contribution in [2.24, 2.45) is 0 Å². The van der Waals surface area contributed by atoms with E-state index >= 15 is 0 Å². The lowest BCUT2D eigenvalue weighted by atomic mass is 9.97. The van der Waals surface area contributed by atoms with Gasteiger partial charge < -0.3 is 5.11 Å². The van der Waals surface area contributed by atoms with E-state index in [1.165, 1.54) is 10.9 Å². The summed E-state index contributed by atoms with van der Waals surface area (Å²) in [5.74, 6) is 0.297. The number of hydrogen-bond donors (Lipinski definition) is 1. The van der Waals surface area contributed by atoms with Crippen LogP contribution in [0.1, 0.15) is 18.1 Å². The second kappa shape index (κ2) is 3.77. The third-order valence-electron chi connectivity index (χ3n) is 2.68. The molecule has 2 aromatic carbocycles.